The van der Waals surface area contributed by atoms with E-state index in [0.717, 1.165) is 11.1 Å². The van der Waals surface area contributed by atoms with Crippen molar-refractivity contribution in [1.29, 1.82) is 0 Å². The van der Waals surface area contributed by atoms with Crippen molar-refractivity contribution >= 4 is 29.4 Å². The molecular formula is C34H37ClN2O6. The Bertz CT molecular complexity index is 1530. The number of likely N-dealkylation sites (N-methyl/N-ethyl adjacent to an activating group) is 1. The number of carbonyl (C=O) groups excluding carboxylic acids is 3. The number of allylic oxidation sites excluding steroid dienone is 1. The highest BCUT2D eigenvalue weighted by Gasteiger charge is 2.37. The van der Waals surface area contributed by atoms with Crippen LogP contribution in [-0.2, 0) is 27.3 Å². The average molecular weight is 605 g/mol. The van der Waals surface area contributed by atoms with Gasteiger partial charge in [-0.25, -0.2) is 4.79 Å². The molecular weight excluding hydrogens is 568 g/mol. The molecule has 3 aromatic carbocycles. The number of carbonyl (C=O) groups is 3. The number of amides is 2. The molecule has 1 aliphatic rings. The summed E-state index contributed by atoms with van der Waals surface area (Å²) in [7, 11) is 4.94. The van der Waals surface area contributed by atoms with E-state index in [0.29, 0.717) is 51.9 Å². The molecule has 3 aromatic rings. The van der Waals surface area contributed by atoms with E-state index < -0.39 is 11.9 Å². The largest absolute Gasteiger partial charge is 0.493 e. The number of benzene rings is 3. The van der Waals surface area contributed by atoms with Crippen molar-refractivity contribution in [2.75, 3.05) is 34.4 Å². The number of hydrogen-bond acceptors (Lipinski definition) is 6. The minimum atomic E-state index is -0.510. The summed E-state index contributed by atoms with van der Waals surface area (Å²) in [6.07, 6.45) is 0.713. The Morgan fingerprint density at radius 2 is 1.72 bits per heavy atom. The van der Waals surface area contributed by atoms with E-state index in [9.17, 15) is 14.4 Å². The first-order valence-electron chi connectivity index (χ1n) is 14.2. The molecule has 0 bridgehead atoms. The maximum absolute atomic E-state index is 13.5. The molecule has 0 aromatic heterocycles. The Labute approximate surface area is 257 Å². The van der Waals surface area contributed by atoms with Crippen molar-refractivity contribution in [1.82, 2.24) is 9.80 Å². The molecule has 0 spiro atoms. The minimum Gasteiger partial charge on any atom is -0.493 e. The van der Waals surface area contributed by atoms with Gasteiger partial charge in [0.1, 0.15) is 0 Å². The number of ether oxygens (including phenoxy) is 3. The lowest BCUT2D eigenvalue weighted by Gasteiger charge is -2.35. The van der Waals surface area contributed by atoms with Crippen LogP contribution >= 0.6 is 11.6 Å². The van der Waals surface area contributed by atoms with Crippen LogP contribution < -0.4 is 9.47 Å². The maximum Gasteiger partial charge on any atom is 0.336 e. The summed E-state index contributed by atoms with van der Waals surface area (Å²) in [5, 5.41) is 0.491. The van der Waals surface area contributed by atoms with Crippen LogP contribution in [0.3, 0.4) is 0 Å². The summed E-state index contributed by atoms with van der Waals surface area (Å²) in [5.74, 6) is 0.0390. The second-order valence-electron chi connectivity index (χ2n) is 10.3. The number of hydrogen-bond donors (Lipinski definition) is 0. The fourth-order valence-corrected chi connectivity index (χ4v) is 5.61. The lowest BCUT2D eigenvalue weighted by molar-refractivity contribution is -0.140. The van der Waals surface area contributed by atoms with Gasteiger partial charge in [-0.05, 0) is 67.3 Å². The van der Waals surface area contributed by atoms with E-state index >= 15 is 0 Å². The summed E-state index contributed by atoms with van der Waals surface area (Å²) in [4.78, 5) is 43.2. The Hall–Kier alpha value is -4.30. The molecule has 1 unspecified atom stereocenters. The number of rotatable bonds is 11. The Balaban J connectivity index is 1.53. The summed E-state index contributed by atoms with van der Waals surface area (Å²) in [6.45, 7) is 4.42. The van der Waals surface area contributed by atoms with Gasteiger partial charge in [0, 0.05) is 42.2 Å². The van der Waals surface area contributed by atoms with Gasteiger partial charge in [0.2, 0.25) is 5.91 Å². The molecule has 0 saturated heterocycles. The molecule has 0 saturated carbocycles. The average Bonchev–Trinajstić information content (AvgIpc) is 3.01. The zero-order valence-corrected chi connectivity index (χ0v) is 25.9. The molecule has 226 valence electrons. The molecule has 43 heavy (non-hydrogen) atoms. The fraction of sp³-hybridized carbons (Fsp3) is 0.324. The van der Waals surface area contributed by atoms with Crippen LogP contribution in [0.5, 0.6) is 11.5 Å². The topological polar surface area (TPSA) is 85.4 Å². The number of esters is 1. The van der Waals surface area contributed by atoms with E-state index in [1.165, 1.54) is 0 Å². The first-order chi connectivity index (χ1) is 20.7. The van der Waals surface area contributed by atoms with Gasteiger partial charge in [-0.1, -0.05) is 48.0 Å². The molecule has 8 nitrogen and oxygen atoms in total. The van der Waals surface area contributed by atoms with E-state index in [4.69, 9.17) is 25.8 Å². The van der Waals surface area contributed by atoms with Gasteiger partial charge in [-0.2, -0.15) is 0 Å². The lowest BCUT2D eigenvalue weighted by atomic mass is 9.83. The van der Waals surface area contributed by atoms with E-state index in [1.807, 2.05) is 42.5 Å². The first kappa shape index (κ1) is 31.6. The first-order valence-corrected chi connectivity index (χ1v) is 14.5. The third-order valence-corrected chi connectivity index (χ3v) is 7.99. The zero-order chi connectivity index (χ0) is 31.1. The van der Waals surface area contributed by atoms with Crippen LogP contribution in [0.1, 0.15) is 53.2 Å². The number of halogens is 1. The van der Waals surface area contributed by atoms with Crippen molar-refractivity contribution in [3.8, 4) is 11.5 Å². The van der Waals surface area contributed by atoms with Gasteiger partial charge in [-0.3, -0.25) is 9.59 Å². The Morgan fingerprint density at radius 3 is 2.42 bits per heavy atom. The molecule has 1 aliphatic heterocycles. The second-order valence-corrected chi connectivity index (χ2v) is 10.8. The van der Waals surface area contributed by atoms with Crippen LogP contribution in [-0.4, -0.2) is 62.0 Å². The summed E-state index contributed by atoms with van der Waals surface area (Å²) in [6, 6.07) is 20.2. The van der Waals surface area contributed by atoms with Crippen LogP contribution in [0.15, 0.2) is 78.0 Å². The molecule has 9 heteroatoms. The molecule has 1 heterocycles. The van der Waals surface area contributed by atoms with E-state index in [2.05, 4.69) is 0 Å². The van der Waals surface area contributed by atoms with Crippen LogP contribution in [0, 0.1) is 0 Å². The van der Waals surface area contributed by atoms with Crippen LogP contribution in [0.4, 0.5) is 0 Å². The molecule has 0 radical (unpaired) electrons. The smallest absolute Gasteiger partial charge is 0.336 e. The van der Waals surface area contributed by atoms with Crippen molar-refractivity contribution in [2.45, 2.75) is 39.2 Å². The normalized spacial score (nSPS) is 14.9. The molecule has 4 rings (SSSR count). The van der Waals surface area contributed by atoms with Crippen molar-refractivity contribution in [3.63, 3.8) is 0 Å². The maximum atomic E-state index is 13.5. The predicted molar refractivity (Wildman–Crippen MR) is 165 cm³/mol. The minimum absolute atomic E-state index is 0.0761. The standard InChI is InChI=1S/C34H37ClN2O6/c1-6-43-34(40)32-22(2)37(31(38)20-27(32)26-12-7-8-13-28(26)35)21-24-10-9-11-25(18-24)33(39)36(3)17-16-23-14-15-29(41-4)30(19-23)42-5/h7-15,18-19,27H,6,16-17,20-21H2,1-5H3. The quantitative estimate of drug-likeness (QED) is 0.249. The fourth-order valence-electron chi connectivity index (χ4n) is 5.34. The molecule has 2 amide bonds. The Morgan fingerprint density at radius 1 is 0.977 bits per heavy atom. The lowest BCUT2D eigenvalue weighted by Crippen LogP contribution is -2.38. The second kappa shape index (κ2) is 14.2. The zero-order valence-electron chi connectivity index (χ0n) is 25.2. The van der Waals surface area contributed by atoms with Gasteiger partial charge in [-0.15, -0.1) is 0 Å². The van der Waals surface area contributed by atoms with Crippen molar-refractivity contribution < 1.29 is 28.6 Å². The SMILES string of the molecule is CCOC(=O)C1=C(C)N(Cc2cccc(C(=O)N(C)CCc3ccc(OC)c(OC)c3)c2)C(=O)CC1c1ccccc1Cl. The third kappa shape index (κ3) is 7.20. The Kier molecular flexibility index (Phi) is 10.5. The van der Waals surface area contributed by atoms with Gasteiger partial charge in [0.05, 0.1) is 32.9 Å². The van der Waals surface area contributed by atoms with E-state index in [1.54, 1.807) is 69.2 Å². The predicted octanol–water partition coefficient (Wildman–Crippen LogP) is 6.03. The van der Waals surface area contributed by atoms with Crippen LogP contribution in [0.2, 0.25) is 5.02 Å². The van der Waals surface area contributed by atoms with Gasteiger partial charge >= 0.3 is 5.97 Å². The summed E-state index contributed by atoms with van der Waals surface area (Å²) < 4.78 is 16.1. The molecule has 0 aliphatic carbocycles. The van der Waals surface area contributed by atoms with Crippen molar-refractivity contribution in [2.24, 2.45) is 0 Å². The van der Waals surface area contributed by atoms with Crippen molar-refractivity contribution in [3.05, 3.63) is 105 Å². The third-order valence-electron chi connectivity index (χ3n) is 7.64. The summed E-state index contributed by atoms with van der Waals surface area (Å²) in [5.41, 5.74) is 3.94. The highest BCUT2D eigenvalue weighted by atomic mass is 35.5. The summed E-state index contributed by atoms with van der Waals surface area (Å²) >= 11 is 6.48. The molecule has 1 atom stereocenters. The monoisotopic (exact) mass is 604 g/mol. The van der Waals surface area contributed by atoms with Gasteiger partial charge in [0.25, 0.3) is 5.91 Å². The van der Waals surface area contributed by atoms with Gasteiger partial charge in [0.15, 0.2) is 11.5 Å². The highest BCUT2D eigenvalue weighted by Crippen LogP contribution is 2.40. The number of nitrogens with zero attached hydrogens (tertiary/aromatic N) is 2. The highest BCUT2D eigenvalue weighted by molar-refractivity contribution is 6.31. The van der Waals surface area contributed by atoms with Gasteiger partial charge < -0.3 is 24.0 Å². The molecule has 0 N–H and O–H groups in total. The van der Waals surface area contributed by atoms with Crippen LogP contribution in [0.25, 0.3) is 0 Å². The van der Waals surface area contributed by atoms with E-state index in [-0.39, 0.29) is 31.4 Å². The molecule has 0 fully saturated rings. The number of methoxy groups -OCH3 is 2.